The molecule has 0 N–H and O–H groups in total. The highest BCUT2D eigenvalue weighted by Crippen LogP contribution is 2.50. The Morgan fingerprint density at radius 3 is 2.95 bits per heavy atom. The molecular formula is C15H14Cl2N2OS. The van der Waals surface area contributed by atoms with E-state index < -0.39 is 0 Å². The molecule has 2 unspecified atom stereocenters. The minimum Gasteiger partial charge on any atom is -0.340 e. The van der Waals surface area contributed by atoms with Crippen molar-refractivity contribution in [3.8, 4) is 0 Å². The van der Waals surface area contributed by atoms with Crippen molar-refractivity contribution in [3.05, 3.63) is 50.4 Å². The van der Waals surface area contributed by atoms with E-state index in [0.29, 0.717) is 16.6 Å². The van der Waals surface area contributed by atoms with Gasteiger partial charge in [0.1, 0.15) is 0 Å². The van der Waals surface area contributed by atoms with Crippen LogP contribution < -0.4 is 0 Å². The van der Waals surface area contributed by atoms with Crippen LogP contribution in [0, 0.1) is 5.92 Å². The summed E-state index contributed by atoms with van der Waals surface area (Å²) in [7, 11) is 1.82. The van der Waals surface area contributed by atoms with Crippen LogP contribution in [0.15, 0.2) is 29.1 Å². The van der Waals surface area contributed by atoms with Crippen LogP contribution in [0.5, 0.6) is 0 Å². The summed E-state index contributed by atoms with van der Waals surface area (Å²) in [5.74, 6) is 0.381. The van der Waals surface area contributed by atoms with Crippen LogP contribution in [0.4, 0.5) is 0 Å². The predicted octanol–water partition coefficient (Wildman–Crippen LogP) is 4.21. The van der Waals surface area contributed by atoms with Crippen molar-refractivity contribution in [3.63, 3.8) is 0 Å². The molecule has 1 aromatic heterocycles. The molecule has 1 aliphatic carbocycles. The van der Waals surface area contributed by atoms with Gasteiger partial charge in [0.05, 0.1) is 17.7 Å². The molecule has 2 atom stereocenters. The fourth-order valence-corrected chi connectivity index (χ4v) is 3.63. The third-order valence-corrected chi connectivity index (χ3v) is 4.93. The lowest BCUT2D eigenvalue weighted by molar-refractivity contribution is -0.131. The highest BCUT2D eigenvalue weighted by molar-refractivity contribution is 7.07. The molecule has 6 heteroatoms. The fourth-order valence-electron chi connectivity index (χ4n) is 2.53. The van der Waals surface area contributed by atoms with Crippen molar-refractivity contribution in [2.45, 2.75) is 18.9 Å². The molecule has 1 aromatic carbocycles. The topological polar surface area (TPSA) is 33.2 Å². The van der Waals surface area contributed by atoms with Crippen LogP contribution in [0.3, 0.4) is 0 Å². The van der Waals surface area contributed by atoms with Gasteiger partial charge in [-0.25, -0.2) is 4.98 Å². The van der Waals surface area contributed by atoms with Gasteiger partial charge in [-0.15, -0.1) is 11.3 Å². The van der Waals surface area contributed by atoms with Gasteiger partial charge in [0.25, 0.3) is 0 Å². The second-order valence-electron chi connectivity index (χ2n) is 5.29. The van der Waals surface area contributed by atoms with Crippen molar-refractivity contribution >= 4 is 40.4 Å². The van der Waals surface area contributed by atoms with Crippen molar-refractivity contribution in [1.29, 1.82) is 0 Å². The average molecular weight is 341 g/mol. The summed E-state index contributed by atoms with van der Waals surface area (Å²) in [6.45, 7) is 0.555. The van der Waals surface area contributed by atoms with Gasteiger partial charge in [-0.3, -0.25) is 4.79 Å². The van der Waals surface area contributed by atoms with Crippen LogP contribution >= 0.6 is 34.5 Å². The van der Waals surface area contributed by atoms with E-state index in [-0.39, 0.29) is 17.7 Å². The molecule has 2 aromatic rings. The van der Waals surface area contributed by atoms with E-state index in [2.05, 4.69) is 4.98 Å². The number of benzene rings is 1. The van der Waals surface area contributed by atoms with Crippen molar-refractivity contribution in [2.24, 2.45) is 5.92 Å². The smallest absolute Gasteiger partial charge is 0.226 e. The second-order valence-corrected chi connectivity index (χ2v) is 6.85. The van der Waals surface area contributed by atoms with E-state index in [1.807, 2.05) is 24.6 Å². The highest BCUT2D eigenvalue weighted by Gasteiger charge is 2.46. The largest absolute Gasteiger partial charge is 0.340 e. The third kappa shape index (κ3) is 3.23. The zero-order valence-corrected chi connectivity index (χ0v) is 13.8. The first-order valence-corrected chi connectivity index (χ1v) is 8.33. The molecule has 0 bridgehead atoms. The number of carbonyl (C=O) groups is 1. The standard InChI is InChI=1S/C15H14Cl2N2OS/c1-19(6-10-7-21-8-18-10)15(20)13-5-12(13)11-3-2-9(16)4-14(11)17/h2-4,7-8,12-13H,5-6H2,1H3. The van der Waals surface area contributed by atoms with Crippen molar-refractivity contribution in [1.82, 2.24) is 9.88 Å². The normalized spacial score (nSPS) is 20.3. The number of amides is 1. The van der Waals surface area contributed by atoms with E-state index >= 15 is 0 Å². The average Bonchev–Trinajstić information content (AvgIpc) is 3.06. The van der Waals surface area contributed by atoms with Gasteiger partial charge in [-0.2, -0.15) is 0 Å². The molecule has 1 heterocycles. The maximum atomic E-state index is 12.4. The number of carbonyl (C=O) groups excluding carboxylic acids is 1. The van der Waals surface area contributed by atoms with Crippen LogP contribution in [0.1, 0.15) is 23.6 Å². The number of aromatic nitrogens is 1. The first-order valence-electron chi connectivity index (χ1n) is 6.63. The number of rotatable bonds is 4. The molecule has 0 spiro atoms. The van der Waals surface area contributed by atoms with Crippen LogP contribution in [0.25, 0.3) is 0 Å². The Hall–Kier alpha value is -1.10. The quantitative estimate of drug-likeness (QED) is 0.835. The maximum Gasteiger partial charge on any atom is 0.226 e. The number of nitrogens with zero attached hydrogens (tertiary/aromatic N) is 2. The molecule has 1 amide bonds. The summed E-state index contributed by atoms with van der Waals surface area (Å²) < 4.78 is 0. The van der Waals surface area contributed by atoms with Crippen LogP contribution in [0.2, 0.25) is 10.0 Å². The first-order chi connectivity index (χ1) is 10.1. The molecule has 1 fully saturated rings. The van der Waals surface area contributed by atoms with Gasteiger partial charge in [-0.1, -0.05) is 29.3 Å². The molecule has 1 aliphatic rings. The van der Waals surface area contributed by atoms with E-state index in [1.165, 1.54) is 11.3 Å². The van der Waals surface area contributed by atoms with E-state index in [4.69, 9.17) is 23.2 Å². The van der Waals surface area contributed by atoms with Gasteiger partial charge < -0.3 is 4.90 Å². The Labute approximate surface area is 137 Å². The lowest BCUT2D eigenvalue weighted by Gasteiger charge is -2.16. The number of halogens is 2. The summed E-state index contributed by atoms with van der Waals surface area (Å²) in [4.78, 5) is 18.4. The molecule has 3 nitrogen and oxygen atoms in total. The molecule has 1 saturated carbocycles. The van der Waals surface area contributed by atoms with Gasteiger partial charge >= 0.3 is 0 Å². The summed E-state index contributed by atoms with van der Waals surface area (Å²) in [6.07, 6.45) is 0.849. The van der Waals surface area contributed by atoms with Crippen molar-refractivity contribution < 1.29 is 4.79 Å². The number of hydrogen-bond acceptors (Lipinski definition) is 3. The summed E-state index contributed by atoms with van der Waals surface area (Å²) in [6, 6.07) is 5.47. The summed E-state index contributed by atoms with van der Waals surface area (Å²) in [5.41, 5.74) is 3.72. The van der Waals surface area contributed by atoms with Gasteiger partial charge in [0.15, 0.2) is 0 Å². The Morgan fingerprint density at radius 2 is 2.29 bits per heavy atom. The zero-order chi connectivity index (χ0) is 15.0. The van der Waals surface area contributed by atoms with Gasteiger partial charge in [0.2, 0.25) is 5.91 Å². The predicted molar refractivity (Wildman–Crippen MR) is 85.9 cm³/mol. The molecule has 110 valence electrons. The van der Waals surface area contributed by atoms with E-state index in [9.17, 15) is 4.79 Å². The molecule has 3 rings (SSSR count). The second kappa shape index (κ2) is 5.95. The molecule has 0 radical (unpaired) electrons. The lowest BCUT2D eigenvalue weighted by atomic mass is 10.1. The lowest BCUT2D eigenvalue weighted by Crippen LogP contribution is -2.28. The number of thiazole rings is 1. The van der Waals surface area contributed by atoms with Crippen LogP contribution in [-0.2, 0) is 11.3 Å². The molecule has 21 heavy (non-hydrogen) atoms. The highest BCUT2D eigenvalue weighted by atomic mass is 35.5. The van der Waals surface area contributed by atoms with E-state index in [1.54, 1.807) is 16.5 Å². The minimum absolute atomic E-state index is 0.0207. The fraction of sp³-hybridized carbons (Fsp3) is 0.333. The third-order valence-electron chi connectivity index (χ3n) is 3.73. The Kier molecular flexibility index (Phi) is 4.20. The first kappa shape index (κ1) is 14.8. The Balaban J connectivity index is 1.65. The SMILES string of the molecule is CN(Cc1cscn1)C(=O)C1CC1c1ccc(Cl)cc1Cl. The van der Waals surface area contributed by atoms with Crippen molar-refractivity contribution in [2.75, 3.05) is 7.05 Å². The summed E-state index contributed by atoms with van der Waals surface area (Å²) in [5, 5.41) is 3.22. The number of hydrogen-bond donors (Lipinski definition) is 0. The molecule has 0 saturated heterocycles. The Morgan fingerprint density at radius 1 is 1.48 bits per heavy atom. The maximum absolute atomic E-state index is 12.4. The van der Waals surface area contributed by atoms with Crippen LogP contribution in [-0.4, -0.2) is 22.8 Å². The monoisotopic (exact) mass is 340 g/mol. The zero-order valence-electron chi connectivity index (χ0n) is 11.4. The van der Waals surface area contributed by atoms with E-state index in [0.717, 1.165) is 17.7 Å². The minimum atomic E-state index is 0.0207. The molecule has 0 aliphatic heterocycles. The van der Waals surface area contributed by atoms with Gasteiger partial charge in [-0.05, 0) is 30.0 Å². The summed E-state index contributed by atoms with van der Waals surface area (Å²) >= 11 is 13.7. The van der Waals surface area contributed by atoms with Gasteiger partial charge in [0, 0.05) is 28.4 Å². The Bertz CT molecular complexity index is 660. The molecular weight excluding hydrogens is 327 g/mol.